The van der Waals surface area contributed by atoms with Gasteiger partial charge in [-0.1, -0.05) is 35.9 Å². The summed E-state index contributed by atoms with van der Waals surface area (Å²) in [6.45, 7) is 0.309. The van der Waals surface area contributed by atoms with E-state index in [4.69, 9.17) is 26.2 Å². The number of nitrogens with one attached hydrogen (secondary N) is 1. The van der Waals surface area contributed by atoms with Crippen LogP contribution >= 0.6 is 11.6 Å². The number of amides is 1. The van der Waals surface area contributed by atoms with E-state index in [9.17, 15) is 14.9 Å². The fraction of sp³-hybridized carbons (Fsp3) is 0.0800. The highest BCUT2D eigenvalue weighted by molar-refractivity contribution is 6.30. The average Bonchev–Trinajstić information content (AvgIpc) is 2.82. The van der Waals surface area contributed by atoms with E-state index in [0.29, 0.717) is 28.7 Å². The Morgan fingerprint density at radius 3 is 2.52 bits per heavy atom. The quantitative estimate of drug-likeness (QED) is 0.353. The van der Waals surface area contributed by atoms with E-state index in [1.807, 2.05) is 18.2 Å². The molecular weight excluding hydrogens is 444 g/mol. The van der Waals surface area contributed by atoms with Crippen molar-refractivity contribution in [3.8, 4) is 17.6 Å². The summed E-state index contributed by atoms with van der Waals surface area (Å²) in [5.41, 5.74) is 1.61. The van der Waals surface area contributed by atoms with Crippen molar-refractivity contribution in [3.63, 3.8) is 0 Å². The molecule has 2 N–H and O–H groups in total. The van der Waals surface area contributed by atoms with Crippen molar-refractivity contribution in [2.75, 3.05) is 12.4 Å². The van der Waals surface area contributed by atoms with Crippen molar-refractivity contribution in [3.05, 3.63) is 94.0 Å². The van der Waals surface area contributed by atoms with Crippen molar-refractivity contribution in [1.82, 2.24) is 0 Å². The van der Waals surface area contributed by atoms with Gasteiger partial charge in [-0.05, 0) is 59.7 Å². The normalized spacial score (nSPS) is 10.8. The molecule has 3 aromatic carbocycles. The lowest BCUT2D eigenvalue weighted by molar-refractivity contribution is -0.112. The molecule has 1 amide bonds. The number of carbonyl (C=O) groups is 2. The second-order valence-electron chi connectivity index (χ2n) is 6.84. The number of methoxy groups -OCH3 is 1. The summed E-state index contributed by atoms with van der Waals surface area (Å²) < 4.78 is 11.2. The maximum atomic E-state index is 12.5. The number of carboxylic acid groups (broad SMARTS) is 1. The number of halogens is 1. The van der Waals surface area contributed by atoms with Crippen LogP contribution in [0.3, 0.4) is 0 Å². The van der Waals surface area contributed by atoms with Gasteiger partial charge in [0.2, 0.25) is 0 Å². The minimum Gasteiger partial charge on any atom is -0.493 e. The smallest absolute Gasteiger partial charge is 0.335 e. The van der Waals surface area contributed by atoms with Crippen LogP contribution in [-0.2, 0) is 11.4 Å². The molecular formula is C25H19ClN2O5. The van der Waals surface area contributed by atoms with Crippen LogP contribution in [-0.4, -0.2) is 24.1 Å². The number of carbonyl (C=O) groups excluding carboxylic acids is 1. The highest BCUT2D eigenvalue weighted by Gasteiger charge is 2.12. The first kappa shape index (κ1) is 23.4. The molecule has 7 nitrogen and oxygen atoms in total. The lowest BCUT2D eigenvalue weighted by Gasteiger charge is -2.12. The van der Waals surface area contributed by atoms with Crippen LogP contribution in [0.25, 0.3) is 6.08 Å². The number of nitrogens with zero attached hydrogens (tertiary/aromatic N) is 1. The molecule has 0 aliphatic carbocycles. The van der Waals surface area contributed by atoms with Gasteiger partial charge in [0.05, 0.1) is 12.7 Å². The number of hydrogen-bond donors (Lipinski definition) is 2. The fourth-order valence-electron chi connectivity index (χ4n) is 2.88. The predicted molar refractivity (Wildman–Crippen MR) is 124 cm³/mol. The molecule has 0 unspecified atom stereocenters. The van der Waals surface area contributed by atoms with Crippen LogP contribution < -0.4 is 14.8 Å². The molecule has 166 valence electrons. The third-order valence-electron chi connectivity index (χ3n) is 4.54. The number of nitriles is 1. The van der Waals surface area contributed by atoms with Gasteiger partial charge in [-0.2, -0.15) is 5.26 Å². The van der Waals surface area contributed by atoms with Crippen molar-refractivity contribution >= 4 is 35.2 Å². The first-order chi connectivity index (χ1) is 15.9. The topological polar surface area (TPSA) is 109 Å². The first-order valence-electron chi connectivity index (χ1n) is 9.71. The van der Waals surface area contributed by atoms with Gasteiger partial charge < -0.3 is 19.9 Å². The monoisotopic (exact) mass is 462 g/mol. The van der Waals surface area contributed by atoms with E-state index >= 15 is 0 Å². The molecule has 0 heterocycles. The molecule has 0 saturated heterocycles. The van der Waals surface area contributed by atoms with Gasteiger partial charge in [0.25, 0.3) is 5.91 Å². The Hall–Kier alpha value is -4.28. The highest BCUT2D eigenvalue weighted by atomic mass is 35.5. The molecule has 33 heavy (non-hydrogen) atoms. The number of rotatable bonds is 8. The third kappa shape index (κ3) is 6.35. The molecule has 3 aromatic rings. The van der Waals surface area contributed by atoms with Crippen molar-refractivity contribution in [2.24, 2.45) is 0 Å². The van der Waals surface area contributed by atoms with Gasteiger partial charge in [0.15, 0.2) is 11.5 Å². The van der Waals surface area contributed by atoms with E-state index in [-0.39, 0.29) is 16.8 Å². The van der Waals surface area contributed by atoms with Gasteiger partial charge in [-0.3, -0.25) is 4.79 Å². The molecule has 0 radical (unpaired) electrons. The Bertz CT molecular complexity index is 1250. The number of hydrogen-bond acceptors (Lipinski definition) is 5. The van der Waals surface area contributed by atoms with E-state index in [1.54, 1.807) is 30.3 Å². The highest BCUT2D eigenvalue weighted by Crippen LogP contribution is 2.30. The predicted octanol–water partition coefficient (Wildman–Crippen LogP) is 5.17. The summed E-state index contributed by atoms with van der Waals surface area (Å²) in [6, 6.07) is 19.9. The van der Waals surface area contributed by atoms with Crippen LogP contribution in [0.4, 0.5) is 5.69 Å². The van der Waals surface area contributed by atoms with Crippen LogP contribution in [0.2, 0.25) is 5.02 Å². The maximum absolute atomic E-state index is 12.5. The summed E-state index contributed by atoms with van der Waals surface area (Å²) in [5, 5.41) is 21.7. The second kappa shape index (κ2) is 10.8. The molecule has 0 aliphatic heterocycles. The summed E-state index contributed by atoms with van der Waals surface area (Å²) in [4.78, 5) is 23.6. The first-order valence-corrected chi connectivity index (χ1v) is 10.1. The molecule has 8 heteroatoms. The summed E-state index contributed by atoms with van der Waals surface area (Å²) in [6.07, 6.45) is 1.40. The van der Waals surface area contributed by atoms with Crippen LogP contribution in [0.15, 0.2) is 72.3 Å². The number of anilines is 1. The Morgan fingerprint density at radius 2 is 1.85 bits per heavy atom. The minimum atomic E-state index is -1.12. The third-order valence-corrected chi connectivity index (χ3v) is 4.79. The molecule has 3 rings (SSSR count). The number of ether oxygens (including phenoxy) is 2. The maximum Gasteiger partial charge on any atom is 0.335 e. The fourth-order valence-corrected chi connectivity index (χ4v) is 3.00. The van der Waals surface area contributed by atoms with Crippen molar-refractivity contribution in [2.45, 2.75) is 6.61 Å². The number of carboxylic acids is 1. The van der Waals surface area contributed by atoms with Crippen LogP contribution in [0.1, 0.15) is 21.5 Å². The molecule has 0 aromatic heterocycles. The van der Waals surface area contributed by atoms with Gasteiger partial charge in [-0.15, -0.1) is 0 Å². The van der Waals surface area contributed by atoms with Gasteiger partial charge >= 0.3 is 5.97 Å². The largest absolute Gasteiger partial charge is 0.493 e. The van der Waals surface area contributed by atoms with Crippen LogP contribution in [0, 0.1) is 11.3 Å². The van der Waals surface area contributed by atoms with Gasteiger partial charge in [0.1, 0.15) is 18.2 Å². The van der Waals surface area contributed by atoms with E-state index in [1.165, 1.54) is 37.5 Å². The van der Waals surface area contributed by atoms with Crippen molar-refractivity contribution < 1.29 is 24.2 Å². The summed E-state index contributed by atoms with van der Waals surface area (Å²) in [5.74, 6) is -0.850. The standard InChI is InChI=1S/C25H19ClN2O5/c1-32-23-12-17(7-10-22(23)33-15-16-5-8-20(26)9-6-16)11-19(14-27)24(29)28-21-4-2-3-18(13-21)25(30)31/h2-13H,15H2,1H3,(H,28,29)(H,30,31). The van der Waals surface area contributed by atoms with E-state index in [0.717, 1.165) is 5.56 Å². The molecule has 0 bridgehead atoms. The van der Waals surface area contributed by atoms with Gasteiger partial charge in [0, 0.05) is 10.7 Å². The SMILES string of the molecule is COc1cc(C=C(C#N)C(=O)Nc2cccc(C(=O)O)c2)ccc1OCc1ccc(Cl)cc1. The molecule has 0 aliphatic rings. The zero-order valence-corrected chi connectivity index (χ0v) is 18.3. The molecule has 0 spiro atoms. The zero-order chi connectivity index (χ0) is 23.8. The molecule has 0 saturated carbocycles. The molecule has 0 fully saturated rings. The Labute approximate surface area is 195 Å². The van der Waals surface area contributed by atoms with Crippen LogP contribution in [0.5, 0.6) is 11.5 Å². The van der Waals surface area contributed by atoms with E-state index in [2.05, 4.69) is 5.32 Å². The Balaban J connectivity index is 1.75. The van der Waals surface area contributed by atoms with E-state index < -0.39 is 11.9 Å². The second-order valence-corrected chi connectivity index (χ2v) is 7.27. The minimum absolute atomic E-state index is 0.0224. The number of benzene rings is 3. The van der Waals surface area contributed by atoms with Crippen molar-refractivity contribution in [1.29, 1.82) is 5.26 Å². The molecule has 0 atom stereocenters. The Kier molecular flexibility index (Phi) is 7.68. The average molecular weight is 463 g/mol. The Morgan fingerprint density at radius 1 is 1.09 bits per heavy atom. The number of aromatic carboxylic acids is 1. The zero-order valence-electron chi connectivity index (χ0n) is 17.5. The summed E-state index contributed by atoms with van der Waals surface area (Å²) >= 11 is 5.89. The summed E-state index contributed by atoms with van der Waals surface area (Å²) in [7, 11) is 1.49. The van der Waals surface area contributed by atoms with Gasteiger partial charge in [-0.25, -0.2) is 4.79 Å². The lowest BCUT2D eigenvalue weighted by atomic mass is 10.1. The lowest BCUT2D eigenvalue weighted by Crippen LogP contribution is -2.14.